The van der Waals surface area contributed by atoms with Crippen molar-refractivity contribution in [2.45, 2.75) is 6.42 Å². The lowest BCUT2D eigenvalue weighted by Crippen LogP contribution is -2.15. The Morgan fingerprint density at radius 2 is 2.10 bits per heavy atom. The minimum atomic E-state index is -0.416. The van der Waals surface area contributed by atoms with Crippen molar-refractivity contribution < 1.29 is 13.9 Å². The predicted molar refractivity (Wildman–Crippen MR) is 84.4 cm³/mol. The first-order valence-corrected chi connectivity index (χ1v) is 7.24. The Labute approximate surface area is 135 Å². The van der Waals surface area contributed by atoms with Crippen molar-refractivity contribution in [3.63, 3.8) is 0 Å². The number of methoxy groups -OCH3 is 1. The van der Waals surface area contributed by atoms with Gasteiger partial charge in [-0.2, -0.15) is 0 Å². The molecule has 110 valence electrons. The molecule has 0 radical (unpaired) electrons. The van der Waals surface area contributed by atoms with Crippen LogP contribution in [0.5, 0.6) is 5.75 Å². The van der Waals surface area contributed by atoms with Crippen LogP contribution in [0.4, 0.5) is 10.1 Å². The van der Waals surface area contributed by atoms with E-state index in [1.54, 1.807) is 30.3 Å². The summed E-state index contributed by atoms with van der Waals surface area (Å²) in [5.74, 6) is -0.220. The highest BCUT2D eigenvalue weighted by atomic mass is 79.9. The maximum atomic E-state index is 13.6. The second kappa shape index (κ2) is 6.91. The summed E-state index contributed by atoms with van der Waals surface area (Å²) < 4.78 is 19.3. The Morgan fingerprint density at radius 1 is 1.33 bits per heavy atom. The molecule has 2 aromatic carbocycles. The van der Waals surface area contributed by atoms with Gasteiger partial charge in [0.15, 0.2) is 0 Å². The Kier molecular flexibility index (Phi) is 5.20. The second-order valence-electron chi connectivity index (χ2n) is 4.31. The molecular weight excluding hydrogens is 361 g/mol. The van der Waals surface area contributed by atoms with Crippen LogP contribution >= 0.6 is 27.5 Å². The standard InChI is InChI=1S/C15H12BrClFNO2/c1-21-14-5-3-11(8-12(14)17)19-15(20)7-9-6-10(16)2-4-13(9)18/h2-6,8H,7H2,1H3,(H,19,20). The fourth-order valence-corrected chi connectivity index (χ4v) is 2.47. The summed E-state index contributed by atoms with van der Waals surface area (Å²) in [5, 5.41) is 3.06. The normalized spacial score (nSPS) is 10.3. The Balaban J connectivity index is 2.08. The van der Waals surface area contributed by atoms with Crippen molar-refractivity contribution in [1.82, 2.24) is 0 Å². The number of carbonyl (C=O) groups is 1. The number of hydrogen-bond donors (Lipinski definition) is 1. The quantitative estimate of drug-likeness (QED) is 0.862. The van der Waals surface area contributed by atoms with Crippen LogP contribution in [0.1, 0.15) is 5.56 Å². The highest BCUT2D eigenvalue weighted by Crippen LogP contribution is 2.27. The fourth-order valence-electron chi connectivity index (χ4n) is 1.80. The van der Waals surface area contributed by atoms with E-state index in [4.69, 9.17) is 16.3 Å². The van der Waals surface area contributed by atoms with E-state index in [2.05, 4.69) is 21.2 Å². The van der Waals surface area contributed by atoms with E-state index in [-0.39, 0.29) is 12.3 Å². The van der Waals surface area contributed by atoms with Gasteiger partial charge in [-0.15, -0.1) is 0 Å². The lowest BCUT2D eigenvalue weighted by Gasteiger charge is -2.09. The molecule has 0 unspecified atom stereocenters. The molecule has 6 heteroatoms. The van der Waals surface area contributed by atoms with Gasteiger partial charge in [-0.3, -0.25) is 4.79 Å². The minimum absolute atomic E-state index is 0.0606. The molecule has 0 atom stereocenters. The molecule has 3 nitrogen and oxygen atoms in total. The van der Waals surface area contributed by atoms with Crippen LogP contribution in [0.15, 0.2) is 40.9 Å². The number of amides is 1. The molecule has 0 saturated carbocycles. The fraction of sp³-hybridized carbons (Fsp3) is 0.133. The van der Waals surface area contributed by atoms with Crippen molar-refractivity contribution in [2.24, 2.45) is 0 Å². The molecule has 0 spiro atoms. The first-order valence-electron chi connectivity index (χ1n) is 6.07. The van der Waals surface area contributed by atoms with Gasteiger partial charge < -0.3 is 10.1 Å². The monoisotopic (exact) mass is 371 g/mol. The number of benzene rings is 2. The Morgan fingerprint density at radius 3 is 2.76 bits per heavy atom. The number of ether oxygens (including phenoxy) is 1. The number of carbonyl (C=O) groups excluding carboxylic acids is 1. The maximum absolute atomic E-state index is 13.6. The highest BCUT2D eigenvalue weighted by Gasteiger charge is 2.10. The predicted octanol–water partition coefficient (Wildman–Crippen LogP) is 4.43. The molecule has 1 N–H and O–H groups in total. The van der Waals surface area contributed by atoms with Crippen molar-refractivity contribution in [1.29, 1.82) is 0 Å². The van der Waals surface area contributed by atoms with Crippen molar-refractivity contribution in [3.8, 4) is 5.75 Å². The summed E-state index contributed by atoms with van der Waals surface area (Å²) >= 11 is 9.23. The van der Waals surface area contributed by atoms with E-state index in [1.165, 1.54) is 13.2 Å². The van der Waals surface area contributed by atoms with Crippen LogP contribution < -0.4 is 10.1 Å². The molecule has 21 heavy (non-hydrogen) atoms. The van der Waals surface area contributed by atoms with Crippen LogP contribution in [0.25, 0.3) is 0 Å². The van der Waals surface area contributed by atoms with E-state index >= 15 is 0 Å². The molecule has 0 aromatic heterocycles. The van der Waals surface area contributed by atoms with E-state index < -0.39 is 5.82 Å². The number of anilines is 1. The van der Waals surface area contributed by atoms with Crippen LogP contribution in [0.3, 0.4) is 0 Å². The van der Waals surface area contributed by atoms with Crippen LogP contribution in [-0.4, -0.2) is 13.0 Å². The third kappa shape index (κ3) is 4.19. The van der Waals surface area contributed by atoms with Gasteiger partial charge in [0.1, 0.15) is 11.6 Å². The molecule has 0 fully saturated rings. The number of nitrogens with one attached hydrogen (secondary N) is 1. The lowest BCUT2D eigenvalue weighted by atomic mass is 10.1. The molecular formula is C15H12BrClFNO2. The first kappa shape index (κ1) is 15.8. The molecule has 0 aliphatic rings. The molecule has 2 rings (SSSR count). The second-order valence-corrected chi connectivity index (χ2v) is 5.63. The average Bonchev–Trinajstić information content (AvgIpc) is 2.43. The van der Waals surface area contributed by atoms with E-state index in [0.29, 0.717) is 22.0 Å². The van der Waals surface area contributed by atoms with Gasteiger partial charge in [-0.05, 0) is 42.0 Å². The number of rotatable bonds is 4. The average molecular weight is 373 g/mol. The molecule has 0 heterocycles. The van der Waals surface area contributed by atoms with Gasteiger partial charge in [0.25, 0.3) is 0 Å². The summed E-state index contributed by atoms with van der Waals surface area (Å²) in [6, 6.07) is 9.37. The topological polar surface area (TPSA) is 38.3 Å². The summed E-state index contributed by atoms with van der Waals surface area (Å²) in [6.07, 6.45) is -0.0606. The summed E-state index contributed by atoms with van der Waals surface area (Å²) in [6.45, 7) is 0. The van der Waals surface area contributed by atoms with Gasteiger partial charge in [0, 0.05) is 10.2 Å². The van der Waals surface area contributed by atoms with Gasteiger partial charge in [0.2, 0.25) is 5.91 Å². The maximum Gasteiger partial charge on any atom is 0.228 e. The van der Waals surface area contributed by atoms with Crippen LogP contribution in [0, 0.1) is 5.82 Å². The lowest BCUT2D eigenvalue weighted by molar-refractivity contribution is -0.115. The van der Waals surface area contributed by atoms with Gasteiger partial charge >= 0.3 is 0 Å². The third-order valence-corrected chi connectivity index (χ3v) is 3.58. The van der Waals surface area contributed by atoms with Gasteiger partial charge in [-0.25, -0.2) is 4.39 Å². The van der Waals surface area contributed by atoms with Crippen LogP contribution in [-0.2, 0) is 11.2 Å². The minimum Gasteiger partial charge on any atom is -0.495 e. The molecule has 1 amide bonds. The van der Waals surface area contributed by atoms with Crippen molar-refractivity contribution in [3.05, 3.63) is 57.3 Å². The van der Waals surface area contributed by atoms with E-state index in [9.17, 15) is 9.18 Å². The van der Waals surface area contributed by atoms with Crippen LogP contribution in [0.2, 0.25) is 5.02 Å². The number of halogens is 3. The number of hydrogen-bond acceptors (Lipinski definition) is 2. The SMILES string of the molecule is COc1ccc(NC(=O)Cc2cc(Br)ccc2F)cc1Cl. The zero-order valence-electron chi connectivity index (χ0n) is 11.1. The van der Waals surface area contributed by atoms with E-state index in [1.807, 2.05) is 0 Å². The molecule has 0 aliphatic carbocycles. The highest BCUT2D eigenvalue weighted by molar-refractivity contribution is 9.10. The van der Waals surface area contributed by atoms with Gasteiger partial charge in [-0.1, -0.05) is 27.5 Å². The van der Waals surface area contributed by atoms with Gasteiger partial charge in [0.05, 0.1) is 18.6 Å². The molecule has 2 aromatic rings. The Bertz CT molecular complexity index is 679. The summed E-state index contributed by atoms with van der Waals surface area (Å²) in [4.78, 5) is 11.9. The molecule has 0 saturated heterocycles. The van der Waals surface area contributed by atoms with Crippen molar-refractivity contribution in [2.75, 3.05) is 12.4 Å². The summed E-state index contributed by atoms with van der Waals surface area (Å²) in [5.41, 5.74) is 0.850. The zero-order valence-corrected chi connectivity index (χ0v) is 13.5. The largest absolute Gasteiger partial charge is 0.495 e. The van der Waals surface area contributed by atoms with Crippen molar-refractivity contribution >= 4 is 39.1 Å². The smallest absolute Gasteiger partial charge is 0.228 e. The zero-order chi connectivity index (χ0) is 15.4. The molecule has 0 bridgehead atoms. The first-order chi connectivity index (χ1) is 9.99. The van der Waals surface area contributed by atoms with E-state index in [0.717, 1.165) is 4.47 Å². The third-order valence-electron chi connectivity index (χ3n) is 2.79. The summed E-state index contributed by atoms with van der Waals surface area (Å²) in [7, 11) is 1.51. The molecule has 0 aliphatic heterocycles. The Hall–Kier alpha value is -1.59.